The Morgan fingerprint density at radius 3 is 2.29 bits per heavy atom. The summed E-state index contributed by atoms with van der Waals surface area (Å²) < 4.78 is 0. The predicted octanol–water partition coefficient (Wildman–Crippen LogP) is 5.42. The molecule has 6 nitrogen and oxygen atoms in total. The fraction of sp³-hybridized carbons (Fsp3) is 0.286. The van der Waals surface area contributed by atoms with Crippen LogP contribution >= 0.6 is 0 Å². The highest BCUT2D eigenvalue weighted by Gasteiger charge is 2.28. The van der Waals surface area contributed by atoms with Crippen LogP contribution in [0.15, 0.2) is 72.8 Å². The third-order valence-electron chi connectivity index (χ3n) is 6.38. The number of hydrogen-bond acceptors (Lipinski definition) is 4. The van der Waals surface area contributed by atoms with Crippen molar-refractivity contribution in [2.75, 3.05) is 36.0 Å². The maximum Gasteiger partial charge on any atom is 0.258 e. The van der Waals surface area contributed by atoms with Gasteiger partial charge in [-0.25, -0.2) is 5.01 Å². The Hall–Kier alpha value is -3.64. The fourth-order valence-electron chi connectivity index (χ4n) is 4.53. The SMILES string of the molecule is CC(=O)N(Nc1ccccc1C)c1ccc(C(=O)N2CCCC(N(C)C)c3ccccc32)cc1. The van der Waals surface area contributed by atoms with Crippen molar-refractivity contribution in [2.24, 2.45) is 0 Å². The Bertz CT molecular complexity index is 1170. The van der Waals surface area contributed by atoms with Gasteiger partial charge in [0, 0.05) is 30.8 Å². The van der Waals surface area contributed by atoms with Crippen LogP contribution in [0.5, 0.6) is 0 Å². The normalized spacial score (nSPS) is 15.4. The van der Waals surface area contributed by atoms with Crippen LogP contribution < -0.4 is 15.3 Å². The number of anilines is 3. The second kappa shape index (κ2) is 10.1. The van der Waals surface area contributed by atoms with Crippen LogP contribution in [0.2, 0.25) is 0 Å². The molecule has 0 saturated carbocycles. The van der Waals surface area contributed by atoms with Crippen LogP contribution in [-0.4, -0.2) is 37.4 Å². The summed E-state index contributed by atoms with van der Waals surface area (Å²) in [5, 5.41) is 1.50. The van der Waals surface area contributed by atoms with Crippen molar-refractivity contribution in [3.63, 3.8) is 0 Å². The lowest BCUT2D eigenvalue weighted by Crippen LogP contribution is -2.35. The monoisotopic (exact) mass is 456 g/mol. The molecule has 0 radical (unpaired) electrons. The van der Waals surface area contributed by atoms with Crippen LogP contribution in [-0.2, 0) is 4.79 Å². The molecule has 1 N–H and O–H groups in total. The smallest absolute Gasteiger partial charge is 0.258 e. The van der Waals surface area contributed by atoms with Crippen molar-refractivity contribution in [3.05, 3.63) is 89.5 Å². The highest BCUT2D eigenvalue weighted by atomic mass is 16.2. The minimum absolute atomic E-state index is 0.0281. The van der Waals surface area contributed by atoms with Gasteiger partial charge in [-0.1, -0.05) is 36.4 Å². The number of carbonyl (C=O) groups is 2. The Morgan fingerprint density at radius 2 is 1.62 bits per heavy atom. The third kappa shape index (κ3) is 4.82. The number of hydrazine groups is 1. The van der Waals surface area contributed by atoms with Gasteiger partial charge < -0.3 is 9.80 Å². The van der Waals surface area contributed by atoms with Crippen molar-refractivity contribution < 1.29 is 9.59 Å². The van der Waals surface area contributed by atoms with E-state index < -0.39 is 0 Å². The Morgan fingerprint density at radius 1 is 0.941 bits per heavy atom. The molecule has 1 aliphatic heterocycles. The first-order valence-corrected chi connectivity index (χ1v) is 11.7. The average molecular weight is 457 g/mol. The minimum atomic E-state index is -0.140. The van der Waals surface area contributed by atoms with Gasteiger partial charge >= 0.3 is 0 Å². The first kappa shape index (κ1) is 23.5. The molecular weight excluding hydrogens is 424 g/mol. The molecule has 0 spiro atoms. The molecule has 6 heteroatoms. The second-order valence-corrected chi connectivity index (χ2v) is 8.97. The molecule has 0 aliphatic carbocycles. The van der Waals surface area contributed by atoms with Gasteiger partial charge in [-0.05, 0) is 81.4 Å². The third-order valence-corrected chi connectivity index (χ3v) is 6.38. The Kier molecular flexibility index (Phi) is 6.98. The maximum atomic E-state index is 13.6. The highest BCUT2D eigenvalue weighted by molar-refractivity contribution is 6.07. The average Bonchev–Trinajstić information content (AvgIpc) is 3.03. The molecule has 176 valence electrons. The molecule has 1 aliphatic rings. The largest absolute Gasteiger partial charge is 0.308 e. The van der Waals surface area contributed by atoms with E-state index in [0.717, 1.165) is 29.8 Å². The molecule has 0 bridgehead atoms. The zero-order valence-electron chi connectivity index (χ0n) is 20.3. The van der Waals surface area contributed by atoms with Crippen molar-refractivity contribution >= 4 is 28.9 Å². The van der Waals surface area contributed by atoms with E-state index in [1.54, 1.807) is 12.1 Å². The van der Waals surface area contributed by atoms with Crippen LogP contribution in [0.3, 0.4) is 0 Å². The number of hydrogen-bond donors (Lipinski definition) is 1. The number of aryl methyl sites for hydroxylation is 1. The summed E-state index contributed by atoms with van der Waals surface area (Å²) >= 11 is 0. The van der Waals surface area contributed by atoms with Gasteiger partial charge in [0.2, 0.25) is 5.91 Å². The molecular formula is C28H32N4O2. The fourth-order valence-corrected chi connectivity index (χ4v) is 4.53. The van der Waals surface area contributed by atoms with Crippen LogP contribution in [0.1, 0.15) is 47.3 Å². The summed E-state index contributed by atoms with van der Waals surface area (Å²) in [7, 11) is 4.17. The van der Waals surface area contributed by atoms with Gasteiger partial charge in [0.25, 0.3) is 5.91 Å². The van der Waals surface area contributed by atoms with Crippen molar-refractivity contribution in [3.8, 4) is 0 Å². The van der Waals surface area contributed by atoms with Crippen molar-refractivity contribution in [1.29, 1.82) is 0 Å². The standard InChI is InChI=1S/C28H32N4O2/c1-20-10-5-7-12-25(20)29-32(21(2)33)23-17-15-22(16-18-23)28(34)31-19-9-14-26(30(3)4)24-11-6-8-13-27(24)31/h5-8,10-13,15-18,26,29H,9,14,19H2,1-4H3. The van der Waals surface area contributed by atoms with Gasteiger partial charge in [-0.2, -0.15) is 0 Å². The number of para-hydroxylation sites is 2. The van der Waals surface area contributed by atoms with E-state index in [0.29, 0.717) is 17.8 Å². The number of nitrogens with one attached hydrogen (secondary N) is 1. The summed E-state index contributed by atoms with van der Waals surface area (Å²) in [4.78, 5) is 30.0. The molecule has 34 heavy (non-hydrogen) atoms. The van der Waals surface area contributed by atoms with Crippen LogP contribution in [0.25, 0.3) is 0 Å². The van der Waals surface area contributed by atoms with Crippen LogP contribution in [0.4, 0.5) is 17.1 Å². The van der Waals surface area contributed by atoms with E-state index in [1.165, 1.54) is 17.5 Å². The maximum absolute atomic E-state index is 13.6. The van der Waals surface area contributed by atoms with Gasteiger partial charge in [-0.15, -0.1) is 0 Å². The Labute approximate surface area is 201 Å². The summed E-state index contributed by atoms with van der Waals surface area (Å²) in [5.41, 5.74) is 8.52. The molecule has 3 aromatic carbocycles. The molecule has 2 amide bonds. The van der Waals surface area contributed by atoms with Gasteiger partial charge in [0.05, 0.1) is 11.4 Å². The minimum Gasteiger partial charge on any atom is -0.308 e. The van der Waals surface area contributed by atoms with Gasteiger partial charge in [0.1, 0.15) is 0 Å². The number of amides is 2. The van der Waals surface area contributed by atoms with E-state index in [4.69, 9.17) is 0 Å². The summed E-state index contributed by atoms with van der Waals surface area (Å²) in [6, 6.07) is 23.5. The molecule has 0 saturated heterocycles. The van der Waals surface area contributed by atoms with Crippen molar-refractivity contribution in [1.82, 2.24) is 4.90 Å². The van der Waals surface area contributed by atoms with E-state index in [-0.39, 0.29) is 17.9 Å². The molecule has 1 unspecified atom stereocenters. The lowest BCUT2D eigenvalue weighted by molar-refractivity contribution is -0.116. The van der Waals surface area contributed by atoms with E-state index in [1.807, 2.05) is 66.4 Å². The first-order chi connectivity index (χ1) is 16.4. The van der Waals surface area contributed by atoms with E-state index in [2.05, 4.69) is 30.5 Å². The molecule has 1 atom stereocenters. The van der Waals surface area contributed by atoms with E-state index >= 15 is 0 Å². The number of fused-ring (bicyclic) bond motifs is 1. The predicted molar refractivity (Wildman–Crippen MR) is 138 cm³/mol. The zero-order chi connectivity index (χ0) is 24.2. The molecule has 1 heterocycles. The van der Waals surface area contributed by atoms with Crippen LogP contribution in [0, 0.1) is 6.92 Å². The quantitative estimate of drug-likeness (QED) is 0.521. The van der Waals surface area contributed by atoms with Crippen molar-refractivity contribution in [2.45, 2.75) is 32.7 Å². The molecule has 3 aromatic rings. The topological polar surface area (TPSA) is 55.9 Å². The van der Waals surface area contributed by atoms with Gasteiger partial charge in [0.15, 0.2) is 0 Å². The highest BCUT2D eigenvalue weighted by Crippen LogP contribution is 2.36. The van der Waals surface area contributed by atoms with Gasteiger partial charge in [-0.3, -0.25) is 15.0 Å². The zero-order valence-corrected chi connectivity index (χ0v) is 20.3. The number of carbonyl (C=O) groups excluding carboxylic acids is 2. The van der Waals surface area contributed by atoms with E-state index in [9.17, 15) is 9.59 Å². The number of rotatable bonds is 5. The number of benzene rings is 3. The number of nitrogens with zero attached hydrogens (tertiary/aromatic N) is 3. The molecule has 4 rings (SSSR count). The molecule has 0 fully saturated rings. The molecule has 0 aromatic heterocycles. The Balaban J connectivity index is 1.59. The lowest BCUT2D eigenvalue weighted by Gasteiger charge is -2.27. The first-order valence-electron chi connectivity index (χ1n) is 11.7. The summed E-state index contributed by atoms with van der Waals surface area (Å²) in [6.07, 6.45) is 1.94. The lowest BCUT2D eigenvalue weighted by atomic mass is 10.0. The summed E-state index contributed by atoms with van der Waals surface area (Å²) in [6.45, 7) is 4.18. The summed E-state index contributed by atoms with van der Waals surface area (Å²) in [5.74, 6) is -0.168. The second-order valence-electron chi connectivity index (χ2n) is 8.97.